The lowest BCUT2D eigenvalue weighted by atomic mass is 10.2. The zero-order valence-corrected chi connectivity index (χ0v) is 13.9. The molecule has 25 heavy (non-hydrogen) atoms. The van der Waals surface area contributed by atoms with Crippen molar-refractivity contribution in [3.63, 3.8) is 0 Å². The van der Waals surface area contributed by atoms with Gasteiger partial charge >= 0.3 is 11.9 Å². The second kappa shape index (κ2) is 8.09. The van der Waals surface area contributed by atoms with E-state index in [0.29, 0.717) is 6.54 Å². The highest BCUT2D eigenvalue weighted by Crippen LogP contribution is 2.16. The number of ether oxygens (including phenoxy) is 1. The predicted molar refractivity (Wildman–Crippen MR) is 87.8 cm³/mol. The van der Waals surface area contributed by atoms with Gasteiger partial charge in [-0.25, -0.2) is 4.79 Å². The van der Waals surface area contributed by atoms with E-state index < -0.39 is 23.4 Å². The Morgan fingerprint density at radius 3 is 2.44 bits per heavy atom. The van der Waals surface area contributed by atoms with Gasteiger partial charge in [-0.05, 0) is 25.5 Å². The summed E-state index contributed by atoms with van der Waals surface area (Å²) in [5, 5.41) is 10.5. The lowest BCUT2D eigenvalue weighted by Gasteiger charge is -2.26. The number of carbonyl (C=O) groups is 2. The molecule has 0 aliphatic rings. The standard InChI is InChI=1S/C17H18N2O6/c1-12(2)18(10-13-6-4-3-5-7-13)15(20)11-24-17(21)14-8-9-16(25-14)19(22)23/h3-9,12H,10-11H2,1-2H3. The minimum absolute atomic E-state index is 0.0869. The molecule has 8 nitrogen and oxygen atoms in total. The quantitative estimate of drug-likeness (QED) is 0.434. The Balaban J connectivity index is 1.96. The van der Waals surface area contributed by atoms with Crippen molar-refractivity contribution in [3.8, 4) is 0 Å². The highest BCUT2D eigenvalue weighted by molar-refractivity contribution is 5.89. The van der Waals surface area contributed by atoms with Crippen molar-refractivity contribution in [2.24, 2.45) is 0 Å². The summed E-state index contributed by atoms with van der Waals surface area (Å²) in [6, 6.07) is 11.5. The lowest BCUT2D eigenvalue weighted by Crippen LogP contribution is -2.39. The molecule has 0 fully saturated rings. The molecule has 2 aromatic rings. The minimum Gasteiger partial charge on any atom is -0.450 e. The molecule has 0 atom stereocenters. The van der Waals surface area contributed by atoms with Crippen molar-refractivity contribution in [1.29, 1.82) is 0 Å². The van der Waals surface area contributed by atoms with Crippen molar-refractivity contribution in [3.05, 3.63) is 63.9 Å². The number of furan rings is 1. The molecule has 0 spiro atoms. The maximum absolute atomic E-state index is 12.3. The van der Waals surface area contributed by atoms with Crippen LogP contribution in [0.2, 0.25) is 0 Å². The summed E-state index contributed by atoms with van der Waals surface area (Å²) in [5.74, 6) is -2.18. The second-order valence-corrected chi connectivity index (χ2v) is 5.57. The lowest BCUT2D eigenvalue weighted by molar-refractivity contribution is -0.402. The third-order valence-corrected chi connectivity index (χ3v) is 3.44. The molecule has 0 aliphatic carbocycles. The smallest absolute Gasteiger partial charge is 0.433 e. The molecular weight excluding hydrogens is 328 g/mol. The van der Waals surface area contributed by atoms with E-state index in [1.807, 2.05) is 44.2 Å². The van der Waals surface area contributed by atoms with Gasteiger partial charge in [0.15, 0.2) is 6.61 Å². The third kappa shape index (κ3) is 4.90. The Hall–Kier alpha value is -3.16. The van der Waals surface area contributed by atoms with E-state index in [1.54, 1.807) is 4.90 Å². The first kappa shape index (κ1) is 18.2. The van der Waals surface area contributed by atoms with E-state index in [1.165, 1.54) is 0 Å². The fourth-order valence-electron chi connectivity index (χ4n) is 2.16. The molecule has 0 aliphatic heterocycles. The van der Waals surface area contributed by atoms with Gasteiger partial charge in [0.05, 0.1) is 6.07 Å². The van der Waals surface area contributed by atoms with Crippen molar-refractivity contribution in [2.75, 3.05) is 6.61 Å². The van der Waals surface area contributed by atoms with Crippen LogP contribution in [-0.4, -0.2) is 34.3 Å². The average molecular weight is 346 g/mol. The Morgan fingerprint density at radius 2 is 1.88 bits per heavy atom. The van der Waals surface area contributed by atoms with Gasteiger partial charge in [0.25, 0.3) is 5.91 Å². The molecule has 0 saturated heterocycles. The number of carbonyl (C=O) groups excluding carboxylic acids is 2. The Kier molecular flexibility index (Phi) is 5.89. The molecule has 2 rings (SSSR count). The number of hydrogen-bond donors (Lipinski definition) is 0. The van der Waals surface area contributed by atoms with Crippen molar-refractivity contribution >= 4 is 17.8 Å². The summed E-state index contributed by atoms with van der Waals surface area (Å²) in [4.78, 5) is 35.5. The van der Waals surface area contributed by atoms with Gasteiger partial charge in [-0.3, -0.25) is 14.9 Å². The highest BCUT2D eigenvalue weighted by Gasteiger charge is 2.22. The number of nitro groups is 1. The van der Waals surface area contributed by atoms with Gasteiger partial charge in [0.2, 0.25) is 5.76 Å². The van der Waals surface area contributed by atoms with Crippen molar-refractivity contribution in [2.45, 2.75) is 26.4 Å². The van der Waals surface area contributed by atoms with E-state index in [0.717, 1.165) is 17.7 Å². The summed E-state index contributed by atoms with van der Waals surface area (Å²) in [5.41, 5.74) is 0.956. The van der Waals surface area contributed by atoms with E-state index in [2.05, 4.69) is 0 Å². The van der Waals surface area contributed by atoms with Crippen LogP contribution >= 0.6 is 0 Å². The zero-order chi connectivity index (χ0) is 18.4. The SMILES string of the molecule is CC(C)N(Cc1ccccc1)C(=O)COC(=O)c1ccc([N+](=O)[O-])o1. The number of amides is 1. The van der Waals surface area contributed by atoms with Crippen molar-refractivity contribution in [1.82, 2.24) is 4.90 Å². The fourth-order valence-corrected chi connectivity index (χ4v) is 2.16. The van der Waals surface area contributed by atoms with Gasteiger partial charge in [-0.2, -0.15) is 0 Å². The minimum atomic E-state index is -0.926. The van der Waals surface area contributed by atoms with E-state index >= 15 is 0 Å². The first-order valence-electron chi connectivity index (χ1n) is 7.63. The third-order valence-electron chi connectivity index (χ3n) is 3.44. The number of rotatable bonds is 7. The topological polar surface area (TPSA) is 103 Å². The molecule has 1 heterocycles. The van der Waals surface area contributed by atoms with E-state index in [9.17, 15) is 19.7 Å². The molecule has 0 unspecified atom stereocenters. The number of benzene rings is 1. The van der Waals surface area contributed by atoms with Crippen LogP contribution in [0.5, 0.6) is 0 Å². The van der Waals surface area contributed by atoms with Crippen LogP contribution in [0.15, 0.2) is 46.9 Å². The zero-order valence-electron chi connectivity index (χ0n) is 13.9. The van der Waals surface area contributed by atoms with E-state index in [4.69, 9.17) is 9.15 Å². The summed E-state index contributed by atoms with van der Waals surface area (Å²) in [6.45, 7) is 3.64. The number of esters is 1. The van der Waals surface area contributed by atoms with Crippen LogP contribution < -0.4 is 0 Å². The van der Waals surface area contributed by atoms with Gasteiger partial charge < -0.3 is 14.1 Å². The highest BCUT2D eigenvalue weighted by atomic mass is 16.7. The van der Waals surface area contributed by atoms with E-state index in [-0.39, 0.29) is 17.7 Å². The molecule has 0 N–H and O–H groups in total. The van der Waals surface area contributed by atoms with Gasteiger partial charge in [-0.1, -0.05) is 30.3 Å². The molecule has 0 radical (unpaired) electrons. The van der Waals surface area contributed by atoms with Crippen molar-refractivity contribution < 1.29 is 23.7 Å². The molecule has 1 amide bonds. The first-order chi connectivity index (χ1) is 11.9. The van der Waals surface area contributed by atoms with Crippen LogP contribution in [-0.2, 0) is 16.1 Å². The Morgan fingerprint density at radius 1 is 1.20 bits per heavy atom. The fraction of sp³-hybridized carbons (Fsp3) is 0.294. The largest absolute Gasteiger partial charge is 0.450 e. The molecule has 0 saturated carbocycles. The molecular formula is C17H18N2O6. The van der Waals surface area contributed by atoms with Crippen LogP contribution in [0.25, 0.3) is 0 Å². The van der Waals surface area contributed by atoms with Gasteiger partial charge in [-0.15, -0.1) is 0 Å². The van der Waals surface area contributed by atoms with Gasteiger partial charge in [0, 0.05) is 12.6 Å². The average Bonchev–Trinajstić information content (AvgIpc) is 3.08. The van der Waals surface area contributed by atoms with Crippen LogP contribution in [0.4, 0.5) is 5.88 Å². The molecule has 1 aromatic carbocycles. The molecule has 1 aromatic heterocycles. The number of nitrogens with zero attached hydrogens (tertiary/aromatic N) is 2. The van der Waals surface area contributed by atoms with Crippen LogP contribution in [0.1, 0.15) is 30.0 Å². The Bertz CT molecular complexity index is 754. The Labute approximate surface area is 144 Å². The number of hydrogen-bond acceptors (Lipinski definition) is 6. The molecule has 8 heteroatoms. The second-order valence-electron chi connectivity index (χ2n) is 5.57. The van der Waals surface area contributed by atoms with Gasteiger partial charge in [0.1, 0.15) is 4.92 Å². The maximum Gasteiger partial charge on any atom is 0.433 e. The summed E-state index contributed by atoms with van der Waals surface area (Å²) in [6.07, 6.45) is 0. The predicted octanol–water partition coefficient (Wildman–Crippen LogP) is 2.78. The maximum atomic E-state index is 12.3. The normalized spacial score (nSPS) is 10.5. The summed E-state index contributed by atoms with van der Waals surface area (Å²) in [7, 11) is 0. The van der Waals surface area contributed by atoms with Crippen LogP contribution in [0, 0.1) is 10.1 Å². The first-order valence-corrected chi connectivity index (χ1v) is 7.63. The monoisotopic (exact) mass is 346 g/mol. The molecule has 0 bridgehead atoms. The summed E-state index contributed by atoms with van der Waals surface area (Å²) >= 11 is 0. The molecule has 132 valence electrons. The summed E-state index contributed by atoms with van der Waals surface area (Å²) < 4.78 is 9.65. The van der Waals surface area contributed by atoms with Crippen LogP contribution in [0.3, 0.4) is 0 Å².